The van der Waals surface area contributed by atoms with Gasteiger partial charge < -0.3 is 5.32 Å². The predicted octanol–water partition coefficient (Wildman–Crippen LogP) is 6.47. The first-order valence-electron chi connectivity index (χ1n) is 8.11. The van der Waals surface area contributed by atoms with Gasteiger partial charge in [-0.15, -0.1) is 11.8 Å². The third-order valence-corrected chi connectivity index (χ3v) is 5.35. The fourth-order valence-electron chi connectivity index (χ4n) is 2.46. The van der Waals surface area contributed by atoms with E-state index in [2.05, 4.69) is 5.32 Å². The molecule has 0 aliphatic carbocycles. The Hall–Kier alpha value is -1.94. The summed E-state index contributed by atoms with van der Waals surface area (Å²) < 4.78 is 0. The van der Waals surface area contributed by atoms with E-state index in [4.69, 9.17) is 23.2 Å². The number of benzene rings is 3. The fourth-order valence-corrected chi connectivity index (χ4v) is 3.77. The Morgan fingerprint density at radius 2 is 1.62 bits per heavy atom. The highest BCUT2D eigenvalue weighted by molar-refractivity contribution is 7.98. The summed E-state index contributed by atoms with van der Waals surface area (Å²) in [5.74, 6) is 0.741. The number of halogens is 2. The number of hydrogen-bond donors (Lipinski definition) is 1. The Morgan fingerprint density at radius 3 is 2.38 bits per heavy atom. The van der Waals surface area contributed by atoms with Crippen LogP contribution in [-0.4, -0.2) is 5.91 Å². The number of para-hydroxylation sites is 1. The van der Waals surface area contributed by atoms with Crippen LogP contribution in [0, 0.1) is 0 Å². The standard InChI is InChI=1S/C21H17Cl2NOS/c22-17-10-8-15(9-11-17)14-26-20-7-2-1-6-19(20)24-21(25)13-16-4-3-5-18(23)12-16/h1-12H,13-14H2,(H,24,25). The normalized spacial score (nSPS) is 10.5. The maximum Gasteiger partial charge on any atom is 0.228 e. The summed E-state index contributed by atoms with van der Waals surface area (Å²) in [5.41, 5.74) is 2.89. The molecule has 3 aromatic rings. The first kappa shape index (κ1) is 18.8. The minimum absolute atomic E-state index is 0.0631. The summed E-state index contributed by atoms with van der Waals surface area (Å²) in [6.45, 7) is 0. The van der Waals surface area contributed by atoms with Crippen LogP contribution >= 0.6 is 35.0 Å². The Kier molecular flexibility index (Phi) is 6.62. The number of thioether (sulfide) groups is 1. The summed E-state index contributed by atoms with van der Waals surface area (Å²) in [5, 5.41) is 4.36. The molecule has 0 aliphatic rings. The van der Waals surface area contributed by atoms with Gasteiger partial charge in [-0.3, -0.25) is 4.79 Å². The largest absolute Gasteiger partial charge is 0.325 e. The van der Waals surface area contributed by atoms with E-state index in [1.54, 1.807) is 17.8 Å². The zero-order chi connectivity index (χ0) is 18.4. The Morgan fingerprint density at radius 1 is 0.846 bits per heavy atom. The molecule has 0 bridgehead atoms. The van der Waals surface area contributed by atoms with Crippen molar-refractivity contribution in [3.8, 4) is 0 Å². The third-order valence-electron chi connectivity index (χ3n) is 3.72. The smallest absolute Gasteiger partial charge is 0.228 e. The van der Waals surface area contributed by atoms with E-state index in [1.807, 2.05) is 66.7 Å². The summed E-state index contributed by atoms with van der Waals surface area (Å²) in [7, 11) is 0. The minimum Gasteiger partial charge on any atom is -0.325 e. The molecule has 0 heterocycles. The third kappa shape index (κ3) is 5.53. The maximum absolute atomic E-state index is 12.4. The van der Waals surface area contributed by atoms with Crippen LogP contribution < -0.4 is 5.32 Å². The average molecular weight is 402 g/mol. The van der Waals surface area contributed by atoms with Crippen molar-refractivity contribution in [3.63, 3.8) is 0 Å². The summed E-state index contributed by atoms with van der Waals surface area (Å²) >= 11 is 13.6. The van der Waals surface area contributed by atoms with Gasteiger partial charge in [-0.05, 0) is 47.5 Å². The average Bonchev–Trinajstić information content (AvgIpc) is 2.62. The van der Waals surface area contributed by atoms with Gasteiger partial charge in [0.15, 0.2) is 0 Å². The van der Waals surface area contributed by atoms with E-state index in [0.717, 1.165) is 26.9 Å². The van der Waals surface area contributed by atoms with Crippen molar-refractivity contribution in [3.05, 3.63) is 94.0 Å². The van der Waals surface area contributed by atoms with Crippen LogP contribution in [-0.2, 0) is 17.0 Å². The van der Waals surface area contributed by atoms with Gasteiger partial charge in [-0.25, -0.2) is 0 Å². The molecule has 0 saturated heterocycles. The molecule has 0 radical (unpaired) electrons. The van der Waals surface area contributed by atoms with Crippen molar-refractivity contribution in [1.29, 1.82) is 0 Å². The summed E-state index contributed by atoms with van der Waals surface area (Å²) in [4.78, 5) is 13.4. The number of anilines is 1. The van der Waals surface area contributed by atoms with Crippen LogP contribution in [0.5, 0.6) is 0 Å². The second kappa shape index (κ2) is 9.13. The topological polar surface area (TPSA) is 29.1 Å². The molecular formula is C21H17Cl2NOS. The molecule has 0 aromatic heterocycles. The number of rotatable bonds is 6. The van der Waals surface area contributed by atoms with Gasteiger partial charge in [0, 0.05) is 20.7 Å². The van der Waals surface area contributed by atoms with E-state index in [1.165, 1.54) is 5.56 Å². The van der Waals surface area contributed by atoms with Crippen LogP contribution in [0.2, 0.25) is 10.0 Å². The quantitative estimate of drug-likeness (QED) is 0.479. The molecule has 0 spiro atoms. The molecule has 1 amide bonds. The molecule has 5 heteroatoms. The van der Waals surface area contributed by atoms with Gasteiger partial charge in [0.05, 0.1) is 12.1 Å². The highest BCUT2D eigenvalue weighted by Gasteiger charge is 2.09. The number of nitrogens with one attached hydrogen (secondary N) is 1. The Bertz CT molecular complexity index is 897. The van der Waals surface area contributed by atoms with E-state index >= 15 is 0 Å². The predicted molar refractivity (Wildman–Crippen MR) is 111 cm³/mol. The lowest BCUT2D eigenvalue weighted by Crippen LogP contribution is -2.14. The van der Waals surface area contributed by atoms with E-state index in [0.29, 0.717) is 5.02 Å². The highest BCUT2D eigenvalue weighted by Crippen LogP contribution is 2.30. The molecule has 0 fully saturated rings. The second-order valence-electron chi connectivity index (χ2n) is 5.77. The lowest BCUT2D eigenvalue weighted by atomic mass is 10.1. The lowest BCUT2D eigenvalue weighted by Gasteiger charge is -2.11. The van der Waals surface area contributed by atoms with E-state index < -0.39 is 0 Å². The highest BCUT2D eigenvalue weighted by atomic mass is 35.5. The van der Waals surface area contributed by atoms with Crippen molar-refractivity contribution >= 4 is 46.6 Å². The van der Waals surface area contributed by atoms with Crippen molar-refractivity contribution in [2.45, 2.75) is 17.1 Å². The first-order chi connectivity index (χ1) is 12.6. The van der Waals surface area contributed by atoms with Crippen LogP contribution in [0.4, 0.5) is 5.69 Å². The molecular weight excluding hydrogens is 385 g/mol. The second-order valence-corrected chi connectivity index (χ2v) is 7.66. The SMILES string of the molecule is O=C(Cc1cccc(Cl)c1)Nc1ccccc1SCc1ccc(Cl)cc1. The van der Waals surface area contributed by atoms with Crippen molar-refractivity contribution in [2.24, 2.45) is 0 Å². The molecule has 2 nitrogen and oxygen atoms in total. The zero-order valence-electron chi connectivity index (χ0n) is 13.9. The summed E-state index contributed by atoms with van der Waals surface area (Å²) in [6.07, 6.45) is 0.288. The molecule has 0 unspecified atom stereocenters. The zero-order valence-corrected chi connectivity index (χ0v) is 16.2. The molecule has 3 rings (SSSR count). The lowest BCUT2D eigenvalue weighted by molar-refractivity contribution is -0.115. The van der Waals surface area contributed by atoms with Crippen LogP contribution in [0.25, 0.3) is 0 Å². The Labute approximate surface area is 167 Å². The van der Waals surface area contributed by atoms with Crippen LogP contribution in [0.1, 0.15) is 11.1 Å². The monoisotopic (exact) mass is 401 g/mol. The Balaban J connectivity index is 1.64. The maximum atomic E-state index is 12.4. The van der Waals surface area contributed by atoms with Crippen molar-refractivity contribution in [2.75, 3.05) is 5.32 Å². The van der Waals surface area contributed by atoms with Gasteiger partial charge in [0.25, 0.3) is 0 Å². The van der Waals surface area contributed by atoms with Crippen LogP contribution in [0.3, 0.4) is 0 Å². The van der Waals surface area contributed by atoms with Gasteiger partial charge in [-0.1, -0.05) is 59.6 Å². The van der Waals surface area contributed by atoms with Crippen LogP contribution in [0.15, 0.2) is 77.7 Å². The van der Waals surface area contributed by atoms with Gasteiger partial charge in [0.1, 0.15) is 0 Å². The number of amides is 1. The first-order valence-corrected chi connectivity index (χ1v) is 9.85. The van der Waals surface area contributed by atoms with E-state index in [9.17, 15) is 4.79 Å². The van der Waals surface area contributed by atoms with Crippen molar-refractivity contribution < 1.29 is 4.79 Å². The fraction of sp³-hybridized carbons (Fsp3) is 0.0952. The number of carbonyl (C=O) groups is 1. The molecule has 0 aliphatic heterocycles. The van der Waals surface area contributed by atoms with Gasteiger partial charge >= 0.3 is 0 Å². The van der Waals surface area contributed by atoms with Gasteiger partial charge in [-0.2, -0.15) is 0 Å². The van der Waals surface area contributed by atoms with Gasteiger partial charge in [0.2, 0.25) is 5.91 Å². The molecule has 1 N–H and O–H groups in total. The molecule has 3 aromatic carbocycles. The molecule has 132 valence electrons. The number of carbonyl (C=O) groups excluding carboxylic acids is 1. The molecule has 0 saturated carbocycles. The number of hydrogen-bond acceptors (Lipinski definition) is 2. The summed E-state index contributed by atoms with van der Waals surface area (Å²) in [6, 6.07) is 23.0. The van der Waals surface area contributed by atoms with E-state index in [-0.39, 0.29) is 12.3 Å². The minimum atomic E-state index is -0.0631. The van der Waals surface area contributed by atoms with Crippen molar-refractivity contribution in [1.82, 2.24) is 0 Å². The molecule has 26 heavy (non-hydrogen) atoms. The molecule has 0 atom stereocenters.